The summed E-state index contributed by atoms with van der Waals surface area (Å²) in [6, 6.07) is 27.9. The minimum Gasteiger partial charge on any atom is -0.507 e. The lowest BCUT2D eigenvalue weighted by molar-refractivity contribution is 0.411. The molecule has 0 amide bonds. The topological polar surface area (TPSA) is 50.9 Å². The molecule has 6 rings (SSSR count). The van der Waals surface area contributed by atoms with Crippen LogP contribution in [0, 0.1) is 6.92 Å². The molecular weight excluding hydrogens is 550 g/mol. The van der Waals surface area contributed by atoms with Gasteiger partial charge in [-0.25, -0.2) is 4.98 Å². The zero-order chi connectivity index (χ0) is 32.5. The van der Waals surface area contributed by atoms with Crippen molar-refractivity contribution in [1.82, 2.24) is 14.5 Å². The van der Waals surface area contributed by atoms with Crippen molar-refractivity contribution >= 4 is 21.9 Å². The number of para-hydroxylation sites is 1. The lowest BCUT2D eigenvalue weighted by Crippen LogP contribution is -2.22. The number of aromatic nitrogens is 3. The average molecular weight is 596 g/mol. The first-order valence-corrected chi connectivity index (χ1v) is 15.9. The molecule has 0 radical (unpaired) electrons. The first-order chi connectivity index (χ1) is 21.0. The number of aromatic hydroxyl groups is 1. The van der Waals surface area contributed by atoms with Crippen molar-refractivity contribution in [3.05, 3.63) is 102 Å². The van der Waals surface area contributed by atoms with Gasteiger partial charge in [-0.05, 0) is 109 Å². The molecule has 45 heavy (non-hydrogen) atoms. The van der Waals surface area contributed by atoms with Gasteiger partial charge in [-0.2, -0.15) is 0 Å². The molecule has 0 aliphatic rings. The highest BCUT2D eigenvalue weighted by Gasteiger charge is 2.27. The molecule has 0 fully saturated rings. The molecule has 0 unspecified atom stereocenters. The van der Waals surface area contributed by atoms with Crippen LogP contribution in [0.25, 0.3) is 55.6 Å². The van der Waals surface area contributed by atoms with Crippen molar-refractivity contribution in [2.75, 3.05) is 0 Å². The zero-order valence-corrected chi connectivity index (χ0v) is 28.4. The van der Waals surface area contributed by atoms with E-state index in [0.717, 1.165) is 66.7 Å². The third-order valence-electron chi connectivity index (χ3n) is 8.73. The molecule has 1 N–H and O–H groups in total. The van der Waals surface area contributed by atoms with E-state index in [1.54, 1.807) is 6.07 Å². The molecule has 4 aromatic carbocycles. The highest BCUT2D eigenvalue weighted by atomic mass is 16.3. The highest BCUT2D eigenvalue weighted by molar-refractivity contribution is 5.98. The maximum Gasteiger partial charge on any atom is 0.145 e. The highest BCUT2D eigenvalue weighted by Crippen LogP contribution is 2.41. The Morgan fingerprint density at radius 1 is 0.622 bits per heavy atom. The van der Waals surface area contributed by atoms with Gasteiger partial charge >= 0.3 is 0 Å². The van der Waals surface area contributed by atoms with Gasteiger partial charge in [0.15, 0.2) is 0 Å². The number of imidazole rings is 1. The second kappa shape index (κ2) is 10.6. The number of hydrogen-bond donors (Lipinski definition) is 1. The number of fused-ring (bicyclic) bond motifs is 2. The fraction of sp³-hybridized carbons (Fsp3) is 0.317. The second-order valence-corrected chi connectivity index (χ2v) is 15.5. The number of hydrogen-bond acceptors (Lipinski definition) is 3. The minimum absolute atomic E-state index is 0.00192. The van der Waals surface area contributed by atoms with Crippen LogP contribution >= 0.6 is 0 Å². The molecule has 4 heteroatoms. The van der Waals surface area contributed by atoms with Crippen molar-refractivity contribution in [3.8, 4) is 39.4 Å². The molecule has 2 aromatic heterocycles. The number of nitrogens with zero attached hydrogens (tertiary/aromatic N) is 3. The normalized spacial score (nSPS) is 12.8. The van der Waals surface area contributed by atoms with E-state index < -0.39 is 0 Å². The van der Waals surface area contributed by atoms with Crippen LogP contribution in [-0.4, -0.2) is 19.6 Å². The van der Waals surface area contributed by atoms with Crippen molar-refractivity contribution in [1.29, 1.82) is 0 Å². The van der Waals surface area contributed by atoms with Crippen molar-refractivity contribution in [3.63, 3.8) is 0 Å². The summed E-state index contributed by atoms with van der Waals surface area (Å²) >= 11 is 0. The zero-order valence-electron chi connectivity index (χ0n) is 28.4. The van der Waals surface area contributed by atoms with Crippen LogP contribution in [-0.2, 0) is 16.4 Å². The van der Waals surface area contributed by atoms with E-state index in [0.29, 0.717) is 0 Å². The van der Waals surface area contributed by atoms with Gasteiger partial charge in [-0.15, -0.1) is 0 Å². The largest absolute Gasteiger partial charge is 0.507 e. The van der Waals surface area contributed by atoms with Gasteiger partial charge in [-0.1, -0.05) is 77.9 Å². The van der Waals surface area contributed by atoms with Crippen LogP contribution < -0.4 is 0 Å². The van der Waals surface area contributed by atoms with Crippen LogP contribution in [0.1, 0.15) is 79.0 Å². The van der Waals surface area contributed by atoms with Crippen LogP contribution in [0.4, 0.5) is 0 Å². The van der Waals surface area contributed by atoms with Crippen LogP contribution in [0.15, 0.2) is 85.1 Å². The molecule has 0 saturated heterocycles. The molecule has 4 nitrogen and oxygen atoms in total. The number of aryl methyl sites for hydroxylation is 1. The summed E-state index contributed by atoms with van der Waals surface area (Å²) in [6.45, 7) is 22.0. The van der Waals surface area contributed by atoms with Gasteiger partial charge in [0.05, 0.1) is 22.1 Å². The van der Waals surface area contributed by atoms with Gasteiger partial charge in [0, 0.05) is 28.2 Å². The lowest BCUT2D eigenvalue weighted by atomic mass is 9.83. The predicted molar refractivity (Wildman–Crippen MR) is 190 cm³/mol. The van der Waals surface area contributed by atoms with E-state index in [9.17, 15) is 5.11 Å². The third-order valence-corrected chi connectivity index (χ3v) is 8.73. The van der Waals surface area contributed by atoms with Gasteiger partial charge in [-0.3, -0.25) is 4.98 Å². The Morgan fingerprint density at radius 2 is 1.27 bits per heavy atom. The van der Waals surface area contributed by atoms with Crippen LogP contribution in [0.2, 0.25) is 0 Å². The Bertz CT molecular complexity index is 2080. The molecule has 230 valence electrons. The number of phenolic OH excluding ortho intramolecular Hbond substituents is 1. The molecular formula is C41H45N3O. The lowest BCUT2D eigenvalue weighted by Gasteiger charge is -2.26. The quantitative estimate of drug-likeness (QED) is 0.221. The van der Waals surface area contributed by atoms with E-state index in [4.69, 9.17) is 9.97 Å². The summed E-state index contributed by atoms with van der Waals surface area (Å²) in [7, 11) is 0. The summed E-state index contributed by atoms with van der Waals surface area (Å²) in [5.41, 5.74) is 11.4. The van der Waals surface area contributed by atoms with Gasteiger partial charge in [0.1, 0.15) is 11.6 Å². The van der Waals surface area contributed by atoms with E-state index >= 15 is 0 Å². The molecule has 0 saturated carbocycles. The average Bonchev–Trinajstić information content (AvgIpc) is 3.36. The molecule has 0 atom stereocenters. The molecule has 2 heterocycles. The predicted octanol–water partition coefficient (Wildman–Crippen LogP) is 10.9. The monoisotopic (exact) mass is 595 g/mol. The number of pyridine rings is 1. The Kier molecular flexibility index (Phi) is 7.19. The standard InChI is InChI=1S/C41H45N3O/c1-25-19-28-21-30(40(5,6)7)23-32(36(28)42-24-25)27-14-11-13-26(20-27)31-15-12-16-34-37(31)43-38(44(34)41(8,9)10)33-22-29(39(2,3)4)17-18-35(33)45/h11-24,45H,1-10H3. The Hall–Kier alpha value is -4.44. The minimum atomic E-state index is -0.273. The number of phenols is 1. The smallest absolute Gasteiger partial charge is 0.145 e. The molecule has 6 aromatic rings. The Labute approximate surface area is 267 Å². The van der Waals surface area contributed by atoms with Crippen molar-refractivity contribution in [2.24, 2.45) is 0 Å². The Balaban J connectivity index is 1.59. The summed E-state index contributed by atoms with van der Waals surface area (Å²) < 4.78 is 2.27. The van der Waals surface area contributed by atoms with E-state index in [1.807, 2.05) is 12.3 Å². The number of benzene rings is 4. The summed E-state index contributed by atoms with van der Waals surface area (Å²) in [6.07, 6.45) is 1.96. The van der Waals surface area contributed by atoms with E-state index in [2.05, 4.69) is 141 Å². The SMILES string of the molecule is Cc1cnc2c(-c3cccc(-c4cccc5c4nc(-c4cc(C(C)(C)C)ccc4O)n5C(C)(C)C)c3)cc(C(C)(C)C)cc2c1. The van der Waals surface area contributed by atoms with Gasteiger partial charge < -0.3 is 9.67 Å². The summed E-state index contributed by atoms with van der Waals surface area (Å²) in [4.78, 5) is 10.2. The second-order valence-electron chi connectivity index (χ2n) is 15.5. The number of rotatable bonds is 3. The molecule has 0 aliphatic heterocycles. The first-order valence-electron chi connectivity index (χ1n) is 15.9. The van der Waals surface area contributed by atoms with Crippen molar-refractivity contribution < 1.29 is 5.11 Å². The van der Waals surface area contributed by atoms with Crippen LogP contribution in [0.3, 0.4) is 0 Å². The fourth-order valence-electron chi connectivity index (χ4n) is 6.24. The maximum atomic E-state index is 11.1. The molecule has 0 aliphatic carbocycles. The summed E-state index contributed by atoms with van der Waals surface area (Å²) in [5, 5.41) is 12.3. The van der Waals surface area contributed by atoms with E-state index in [1.165, 1.54) is 5.56 Å². The fourth-order valence-corrected chi connectivity index (χ4v) is 6.24. The first kappa shape index (κ1) is 30.6. The Morgan fingerprint density at radius 3 is 1.93 bits per heavy atom. The maximum absolute atomic E-state index is 11.1. The summed E-state index contributed by atoms with van der Waals surface area (Å²) in [5.74, 6) is 1.01. The molecule has 0 bridgehead atoms. The van der Waals surface area contributed by atoms with Gasteiger partial charge in [0.25, 0.3) is 0 Å². The van der Waals surface area contributed by atoms with Gasteiger partial charge in [0.2, 0.25) is 0 Å². The molecule has 0 spiro atoms. The van der Waals surface area contributed by atoms with Crippen molar-refractivity contribution in [2.45, 2.75) is 85.6 Å². The third kappa shape index (κ3) is 5.63. The van der Waals surface area contributed by atoms with Crippen LogP contribution in [0.5, 0.6) is 5.75 Å². The van der Waals surface area contributed by atoms with E-state index in [-0.39, 0.29) is 22.1 Å².